The minimum Gasteiger partial charge on any atom is -0.309 e. The number of nitrogens with zero attached hydrogens (tertiary/aromatic N) is 3. The number of rotatable bonds is 3. The van der Waals surface area contributed by atoms with E-state index in [2.05, 4.69) is 124 Å². The van der Waals surface area contributed by atoms with Crippen LogP contribution in [0.25, 0.3) is 66.1 Å². The van der Waals surface area contributed by atoms with Crippen molar-refractivity contribution >= 4 is 43.6 Å². The largest absolute Gasteiger partial charge is 0.309 e. The molecule has 0 atom stereocenters. The molecule has 0 N–H and O–H groups in total. The third kappa shape index (κ3) is 3.11. The minimum atomic E-state index is 0.668. The predicted octanol–water partition coefficient (Wildman–Crippen LogP) is 9.42. The fourth-order valence-corrected chi connectivity index (χ4v) is 6.34. The lowest BCUT2D eigenvalue weighted by Crippen LogP contribution is -1.99. The van der Waals surface area contributed by atoms with Crippen molar-refractivity contribution in [3.63, 3.8) is 0 Å². The summed E-state index contributed by atoms with van der Waals surface area (Å²) in [6.07, 6.45) is 0. The number of nitriles is 1. The molecule has 0 saturated carbocycles. The molecule has 0 saturated heterocycles. The smallest absolute Gasteiger partial charge is 0.0998 e. The molecular weight excluding hydrogens is 486 g/mol. The van der Waals surface area contributed by atoms with Crippen molar-refractivity contribution in [2.45, 2.75) is 0 Å². The highest BCUT2D eigenvalue weighted by Crippen LogP contribution is 2.41. The zero-order chi connectivity index (χ0) is 26.6. The van der Waals surface area contributed by atoms with Crippen molar-refractivity contribution in [1.82, 2.24) is 9.13 Å². The Morgan fingerprint density at radius 3 is 1.57 bits per heavy atom. The summed E-state index contributed by atoms with van der Waals surface area (Å²) in [5.41, 5.74) is 9.48. The number of para-hydroxylation sites is 4. The van der Waals surface area contributed by atoms with E-state index in [1.165, 1.54) is 32.6 Å². The van der Waals surface area contributed by atoms with Gasteiger partial charge in [0.15, 0.2) is 0 Å². The molecule has 0 amide bonds. The predicted molar refractivity (Wildman–Crippen MR) is 165 cm³/mol. The highest BCUT2D eigenvalue weighted by molar-refractivity contribution is 6.16. The topological polar surface area (TPSA) is 33.6 Å². The van der Waals surface area contributed by atoms with Gasteiger partial charge in [0.1, 0.15) is 0 Å². The molecule has 8 aromatic rings. The molecule has 2 heterocycles. The summed E-state index contributed by atoms with van der Waals surface area (Å²) >= 11 is 0. The Hall–Kier alpha value is -5.59. The summed E-state index contributed by atoms with van der Waals surface area (Å²) in [4.78, 5) is 0. The molecule has 6 aromatic carbocycles. The molecule has 186 valence electrons. The Balaban J connectivity index is 1.52. The molecule has 0 aliphatic carbocycles. The van der Waals surface area contributed by atoms with Crippen LogP contribution in [-0.2, 0) is 0 Å². The molecule has 0 fully saturated rings. The molecule has 0 spiro atoms. The van der Waals surface area contributed by atoms with Gasteiger partial charge >= 0.3 is 0 Å². The maximum atomic E-state index is 9.90. The average Bonchev–Trinajstić information content (AvgIpc) is 3.54. The van der Waals surface area contributed by atoms with Gasteiger partial charge in [0, 0.05) is 32.7 Å². The van der Waals surface area contributed by atoms with Gasteiger partial charge in [0.05, 0.1) is 45.1 Å². The first-order valence-electron chi connectivity index (χ1n) is 13.4. The molecule has 8 rings (SSSR count). The molecule has 3 heteroatoms. The lowest BCUT2D eigenvalue weighted by Gasteiger charge is -2.15. The number of fused-ring (bicyclic) bond motifs is 6. The molecule has 0 bridgehead atoms. The van der Waals surface area contributed by atoms with Gasteiger partial charge in [-0.3, -0.25) is 0 Å². The van der Waals surface area contributed by atoms with Crippen molar-refractivity contribution in [3.05, 3.63) is 145 Å². The van der Waals surface area contributed by atoms with Gasteiger partial charge in [-0.05, 0) is 42.5 Å². The number of hydrogen-bond acceptors (Lipinski definition) is 1. The summed E-state index contributed by atoms with van der Waals surface area (Å²) in [7, 11) is 0. The highest BCUT2D eigenvalue weighted by Gasteiger charge is 2.20. The minimum absolute atomic E-state index is 0.668. The van der Waals surface area contributed by atoms with Crippen molar-refractivity contribution in [2.75, 3.05) is 0 Å². The summed E-state index contributed by atoms with van der Waals surface area (Å²) < 4.78 is 4.76. The second-order valence-electron chi connectivity index (χ2n) is 10.1. The van der Waals surface area contributed by atoms with Crippen LogP contribution in [0.1, 0.15) is 5.56 Å². The normalized spacial score (nSPS) is 11.5. The monoisotopic (exact) mass is 509 g/mol. The van der Waals surface area contributed by atoms with Gasteiger partial charge < -0.3 is 9.13 Å². The maximum Gasteiger partial charge on any atom is 0.0998 e. The first kappa shape index (κ1) is 22.4. The van der Waals surface area contributed by atoms with Crippen LogP contribution in [0.3, 0.4) is 0 Å². The van der Waals surface area contributed by atoms with E-state index in [9.17, 15) is 5.26 Å². The van der Waals surface area contributed by atoms with Crippen LogP contribution in [0.4, 0.5) is 0 Å². The number of hydrogen-bond donors (Lipinski definition) is 0. The molecule has 0 aliphatic rings. The van der Waals surface area contributed by atoms with Crippen molar-refractivity contribution < 1.29 is 0 Å². The molecule has 2 aromatic heterocycles. The summed E-state index contributed by atoms with van der Waals surface area (Å²) in [6.45, 7) is 0. The second-order valence-corrected chi connectivity index (χ2v) is 10.1. The maximum absolute atomic E-state index is 9.90. The Labute approximate surface area is 231 Å². The van der Waals surface area contributed by atoms with E-state index in [1.54, 1.807) is 0 Å². The average molecular weight is 510 g/mol. The Morgan fingerprint density at radius 2 is 0.875 bits per heavy atom. The summed E-state index contributed by atoms with van der Waals surface area (Å²) in [6, 6.07) is 51.1. The van der Waals surface area contributed by atoms with Gasteiger partial charge in [-0.15, -0.1) is 0 Å². The number of aromatic nitrogens is 2. The van der Waals surface area contributed by atoms with E-state index in [1.807, 2.05) is 30.3 Å². The van der Waals surface area contributed by atoms with Gasteiger partial charge in [0.25, 0.3) is 0 Å². The third-order valence-corrected chi connectivity index (χ3v) is 7.98. The van der Waals surface area contributed by atoms with E-state index in [4.69, 9.17) is 0 Å². The Bertz CT molecular complexity index is 2240. The third-order valence-electron chi connectivity index (χ3n) is 7.98. The highest BCUT2D eigenvalue weighted by atomic mass is 15.0. The Morgan fingerprint density at radius 1 is 0.400 bits per heavy atom. The lowest BCUT2D eigenvalue weighted by atomic mass is 9.98. The molecule has 3 nitrogen and oxygen atoms in total. The van der Waals surface area contributed by atoms with E-state index < -0.39 is 0 Å². The van der Waals surface area contributed by atoms with Crippen LogP contribution in [-0.4, -0.2) is 9.13 Å². The zero-order valence-electron chi connectivity index (χ0n) is 21.6. The Kier molecular flexibility index (Phi) is 4.89. The van der Waals surface area contributed by atoms with Crippen LogP contribution >= 0.6 is 0 Å². The van der Waals surface area contributed by atoms with E-state index in [-0.39, 0.29) is 0 Å². The van der Waals surface area contributed by atoms with E-state index in [0.29, 0.717) is 5.56 Å². The molecular formula is C37H23N3. The van der Waals surface area contributed by atoms with Crippen LogP contribution < -0.4 is 0 Å². The van der Waals surface area contributed by atoms with Crippen LogP contribution in [0.5, 0.6) is 0 Å². The van der Waals surface area contributed by atoms with Crippen LogP contribution in [0, 0.1) is 11.3 Å². The second kappa shape index (κ2) is 8.73. The number of benzene rings is 6. The summed E-state index contributed by atoms with van der Waals surface area (Å²) in [5, 5.41) is 14.8. The first-order valence-corrected chi connectivity index (χ1v) is 13.4. The van der Waals surface area contributed by atoms with Crippen molar-refractivity contribution in [2.24, 2.45) is 0 Å². The van der Waals surface area contributed by atoms with Gasteiger partial charge in [-0.25, -0.2) is 0 Å². The fourth-order valence-electron chi connectivity index (χ4n) is 6.34. The van der Waals surface area contributed by atoms with Crippen LogP contribution in [0.15, 0.2) is 140 Å². The molecule has 40 heavy (non-hydrogen) atoms. The van der Waals surface area contributed by atoms with Gasteiger partial charge in [-0.1, -0.05) is 97.1 Å². The van der Waals surface area contributed by atoms with Gasteiger partial charge in [-0.2, -0.15) is 5.26 Å². The zero-order valence-corrected chi connectivity index (χ0v) is 21.6. The fraction of sp³-hybridized carbons (Fsp3) is 0. The summed E-state index contributed by atoms with van der Waals surface area (Å²) in [5.74, 6) is 0. The van der Waals surface area contributed by atoms with E-state index in [0.717, 1.165) is 33.5 Å². The lowest BCUT2D eigenvalue weighted by molar-refractivity contribution is 1.17. The van der Waals surface area contributed by atoms with E-state index >= 15 is 0 Å². The standard InChI is InChI=1S/C37H23N3/c38-24-25-12-1-2-13-26(25)27-14-3-7-18-31(27)40-34-21-10-6-17-30(34)37-35(22-11-23-36(37)40)39-32-19-8-4-15-28(32)29-16-5-9-20-33(29)39/h1-23H. The van der Waals surface area contributed by atoms with Crippen molar-refractivity contribution in [3.8, 4) is 28.6 Å². The SMILES string of the molecule is N#Cc1ccccc1-c1ccccc1-n1c2ccccc2c2c(-n3c4ccccc4c4ccccc43)cccc21. The van der Waals surface area contributed by atoms with Crippen LogP contribution in [0.2, 0.25) is 0 Å². The van der Waals surface area contributed by atoms with Gasteiger partial charge in [0.2, 0.25) is 0 Å². The molecule has 0 radical (unpaired) electrons. The molecule has 0 aliphatic heterocycles. The van der Waals surface area contributed by atoms with Crippen molar-refractivity contribution in [1.29, 1.82) is 5.26 Å². The quantitative estimate of drug-likeness (QED) is 0.233. The first-order chi connectivity index (χ1) is 19.8. The molecule has 0 unspecified atom stereocenters.